The summed E-state index contributed by atoms with van der Waals surface area (Å²) in [6, 6.07) is 6.40. The van der Waals surface area contributed by atoms with Gasteiger partial charge in [0.25, 0.3) is 0 Å². The molecule has 4 nitrogen and oxygen atoms in total. The molecule has 0 radical (unpaired) electrons. The smallest absolute Gasteiger partial charge is 0.0931 e. The summed E-state index contributed by atoms with van der Waals surface area (Å²) in [5.74, 6) is 0. The second-order valence-corrected chi connectivity index (χ2v) is 4.73. The van der Waals surface area contributed by atoms with Gasteiger partial charge >= 0.3 is 0 Å². The fourth-order valence-electron chi connectivity index (χ4n) is 2.64. The first-order valence-electron chi connectivity index (χ1n) is 6.05. The number of nitrogens with two attached hydrogens (primary N) is 1. The Balaban J connectivity index is 2.04. The number of nitrogens with one attached hydrogen (secondary N) is 1. The predicted molar refractivity (Wildman–Crippen MR) is 66.9 cm³/mol. The van der Waals surface area contributed by atoms with Gasteiger partial charge in [-0.25, -0.2) is 4.98 Å². The third-order valence-electron chi connectivity index (χ3n) is 3.87. The highest BCUT2D eigenvalue weighted by Crippen LogP contribution is 2.34. The number of hydrogen-bond acceptors (Lipinski definition) is 3. The summed E-state index contributed by atoms with van der Waals surface area (Å²) in [7, 11) is 0. The zero-order valence-electron chi connectivity index (χ0n) is 9.78. The van der Waals surface area contributed by atoms with Crippen LogP contribution in [0.4, 0.5) is 0 Å². The molecule has 3 N–H and O–H groups in total. The van der Waals surface area contributed by atoms with Crippen molar-refractivity contribution in [2.24, 2.45) is 5.73 Å². The summed E-state index contributed by atoms with van der Waals surface area (Å²) < 4.78 is 5.44. The Bertz CT molecular complexity index is 514. The lowest BCUT2D eigenvalue weighted by Gasteiger charge is -2.36. The number of nitrogens with zero attached hydrogens (tertiary/aromatic N) is 1. The summed E-state index contributed by atoms with van der Waals surface area (Å²) in [6.45, 7) is 2.28. The molecule has 0 amide bonds. The van der Waals surface area contributed by atoms with E-state index in [-0.39, 0.29) is 5.41 Å². The van der Waals surface area contributed by atoms with Crippen LogP contribution in [-0.4, -0.2) is 29.7 Å². The fourth-order valence-corrected chi connectivity index (χ4v) is 2.64. The molecular weight excluding hydrogens is 214 g/mol. The van der Waals surface area contributed by atoms with Crippen LogP contribution in [0.3, 0.4) is 0 Å². The van der Waals surface area contributed by atoms with Gasteiger partial charge in [-0.1, -0.05) is 6.07 Å². The zero-order valence-corrected chi connectivity index (χ0v) is 9.78. The van der Waals surface area contributed by atoms with Crippen LogP contribution >= 0.6 is 0 Å². The molecule has 1 fully saturated rings. The molecule has 0 spiro atoms. The van der Waals surface area contributed by atoms with E-state index in [9.17, 15) is 0 Å². The van der Waals surface area contributed by atoms with Gasteiger partial charge in [0.15, 0.2) is 0 Å². The van der Waals surface area contributed by atoms with Gasteiger partial charge < -0.3 is 15.5 Å². The third kappa shape index (κ3) is 1.73. The minimum atomic E-state index is 0.0809. The second kappa shape index (κ2) is 4.13. The Morgan fingerprint density at radius 1 is 1.35 bits per heavy atom. The maximum Gasteiger partial charge on any atom is 0.0931 e. The number of aromatic amines is 1. The molecule has 17 heavy (non-hydrogen) atoms. The Hall–Kier alpha value is -1.39. The van der Waals surface area contributed by atoms with E-state index in [2.05, 4.69) is 28.2 Å². The fraction of sp³-hybridized carbons (Fsp3) is 0.462. The monoisotopic (exact) mass is 231 g/mol. The Labute approximate surface area is 100 Å². The molecule has 0 atom stereocenters. The van der Waals surface area contributed by atoms with E-state index in [0.717, 1.165) is 37.1 Å². The van der Waals surface area contributed by atoms with Crippen molar-refractivity contribution >= 4 is 11.0 Å². The number of H-pyrrole nitrogens is 1. The normalized spacial score (nSPS) is 19.6. The van der Waals surface area contributed by atoms with Gasteiger partial charge in [0.1, 0.15) is 0 Å². The summed E-state index contributed by atoms with van der Waals surface area (Å²) in [5.41, 5.74) is 9.49. The SMILES string of the molecule is NCC1(c2ccc3nc[nH]c3c2)CCOCC1. The highest BCUT2D eigenvalue weighted by molar-refractivity contribution is 5.75. The molecule has 0 saturated carbocycles. The van der Waals surface area contributed by atoms with Crippen molar-refractivity contribution in [3.8, 4) is 0 Å². The van der Waals surface area contributed by atoms with Crippen LogP contribution in [-0.2, 0) is 10.2 Å². The van der Waals surface area contributed by atoms with Crippen molar-refractivity contribution in [3.63, 3.8) is 0 Å². The number of imidazole rings is 1. The van der Waals surface area contributed by atoms with Crippen LogP contribution in [0.1, 0.15) is 18.4 Å². The van der Waals surface area contributed by atoms with E-state index >= 15 is 0 Å². The first-order valence-corrected chi connectivity index (χ1v) is 6.05. The average Bonchev–Trinajstić information content (AvgIpc) is 2.86. The van der Waals surface area contributed by atoms with Gasteiger partial charge in [-0.15, -0.1) is 0 Å². The molecule has 1 aliphatic heterocycles. The Morgan fingerprint density at radius 3 is 2.94 bits per heavy atom. The zero-order chi connectivity index (χ0) is 11.7. The van der Waals surface area contributed by atoms with Crippen LogP contribution in [0, 0.1) is 0 Å². The number of benzene rings is 1. The van der Waals surface area contributed by atoms with E-state index in [0.29, 0.717) is 6.54 Å². The Morgan fingerprint density at radius 2 is 2.18 bits per heavy atom. The molecule has 1 aliphatic rings. The highest BCUT2D eigenvalue weighted by atomic mass is 16.5. The van der Waals surface area contributed by atoms with Crippen molar-refractivity contribution in [2.75, 3.05) is 19.8 Å². The molecule has 90 valence electrons. The largest absolute Gasteiger partial charge is 0.381 e. The molecule has 2 aromatic rings. The maximum absolute atomic E-state index is 6.01. The van der Waals surface area contributed by atoms with Crippen molar-refractivity contribution in [1.82, 2.24) is 9.97 Å². The molecule has 3 rings (SSSR count). The van der Waals surface area contributed by atoms with Crippen LogP contribution in [0.5, 0.6) is 0 Å². The molecular formula is C13H17N3O. The van der Waals surface area contributed by atoms with Gasteiger partial charge in [0.2, 0.25) is 0 Å². The van der Waals surface area contributed by atoms with Crippen molar-refractivity contribution in [2.45, 2.75) is 18.3 Å². The van der Waals surface area contributed by atoms with Gasteiger partial charge in [0.05, 0.1) is 17.4 Å². The van der Waals surface area contributed by atoms with Crippen molar-refractivity contribution in [3.05, 3.63) is 30.1 Å². The first-order chi connectivity index (χ1) is 8.34. The van der Waals surface area contributed by atoms with Crippen LogP contribution in [0.2, 0.25) is 0 Å². The topological polar surface area (TPSA) is 63.9 Å². The van der Waals surface area contributed by atoms with E-state index < -0.39 is 0 Å². The summed E-state index contributed by atoms with van der Waals surface area (Å²) in [5, 5.41) is 0. The highest BCUT2D eigenvalue weighted by Gasteiger charge is 2.33. The summed E-state index contributed by atoms with van der Waals surface area (Å²) in [6.07, 6.45) is 3.74. The van der Waals surface area contributed by atoms with E-state index in [1.165, 1.54) is 5.56 Å². The van der Waals surface area contributed by atoms with E-state index in [1.54, 1.807) is 6.33 Å². The lowest BCUT2D eigenvalue weighted by Crippen LogP contribution is -2.40. The third-order valence-corrected chi connectivity index (χ3v) is 3.87. The molecule has 0 aliphatic carbocycles. The minimum absolute atomic E-state index is 0.0809. The van der Waals surface area contributed by atoms with E-state index in [1.807, 2.05) is 0 Å². The van der Waals surface area contributed by atoms with Crippen molar-refractivity contribution < 1.29 is 4.74 Å². The minimum Gasteiger partial charge on any atom is -0.381 e. The second-order valence-electron chi connectivity index (χ2n) is 4.73. The number of hydrogen-bond donors (Lipinski definition) is 2. The number of rotatable bonds is 2. The summed E-state index contributed by atoms with van der Waals surface area (Å²) in [4.78, 5) is 7.40. The van der Waals surface area contributed by atoms with Gasteiger partial charge in [-0.3, -0.25) is 0 Å². The molecule has 2 heterocycles. The lowest BCUT2D eigenvalue weighted by molar-refractivity contribution is 0.0530. The molecule has 1 aromatic heterocycles. The Kier molecular flexibility index (Phi) is 2.61. The molecule has 0 unspecified atom stereocenters. The summed E-state index contributed by atoms with van der Waals surface area (Å²) >= 11 is 0. The molecule has 1 saturated heterocycles. The van der Waals surface area contributed by atoms with Crippen molar-refractivity contribution in [1.29, 1.82) is 0 Å². The average molecular weight is 231 g/mol. The van der Waals surface area contributed by atoms with Gasteiger partial charge in [-0.2, -0.15) is 0 Å². The maximum atomic E-state index is 6.01. The van der Waals surface area contributed by atoms with Gasteiger partial charge in [0, 0.05) is 25.2 Å². The number of fused-ring (bicyclic) bond motifs is 1. The van der Waals surface area contributed by atoms with Crippen LogP contribution < -0.4 is 5.73 Å². The number of aromatic nitrogens is 2. The van der Waals surface area contributed by atoms with Crippen LogP contribution in [0.15, 0.2) is 24.5 Å². The molecule has 1 aromatic carbocycles. The molecule has 0 bridgehead atoms. The lowest BCUT2D eigenvalue weighted by atomic mass is 9.74. The predicted octanol–water partition coefficient (Wildman–Crippen LogP) is 1.57. The van der Waals surface area contributed by atoms with E-state index in [4.69, 9.17) is 10.5 Å². The standard InChI is InChI=1S/C13H17N3O/c14-8-13(3-5-17-6-4-13)10-1-2-11-12(7-10)16-9-15-11/h1-2,7,9H,3-6,8,14H2,(H,15,16). The van der Waals surface area contributed by atoms with Crippen LogP contribution in [0.25, 0.3) is 11.0 Å². The number of ether oxygens (including phenoxy) is 1. The van der Waals surface area contributed by atoms with Gasteiger partial charge in [-0.05, 0) is 30.5 Å². The first kappa shape index (κ1) is 10.7. The quantitative estimate of drug-likeness (QED) is 0.824. The molecule has 4 heteroatoms.